The molecule has 1 fully saturated rings. The van der Waals surface area contributed by atoms with Gasteiger partial charge in [0.05, 0.1) is 11.8 Å². The van der Waals surface area contributed by atoms with Crippen molar-refractivity contribution in [3.05, 3.63) is 30.6 Å². The first-order valence-electron chi connectivity index (χ1n) is 5.59. The van der Waals surface area contributed by atoms with E-state index in [1.54, 1.807) is 6.07 Å². The molecule has 1 aliphatic carbocycles. The van der Waals surface area contributed by atoms with Crippen molar-refractivity contribution in [2.75, 3.05) is 4.90 Å². The summed E-state index contributed by atoms with van der Waals surface area (Å²) in [5.74, 6) is -0.601. The maximum absolute atomic E-state index is 12.1. The van der Waals surface area contributed by atoms with Crippen LogP contribution in [0.5, 0.6) is 0 Å². The van der Waals surface area contributed by atoms with E-state index in [4.69, 9.17) is 0 Å². The molecule has 0 spiro atoms. The second kappa shape index (κ2) is 3.76. The first-order valence-corrected chi connectivity index (χ1v) is 5.59. The van der Waals surface area contributed by atoms with E-state index in [-0.39, 0.29) is 29.6 Å². The molecule has 2 heterocycles. The van der Waals surface area contributed by atoms with Crippen molar-refractivity contribution < 1.29 is 9.59 Å². The number of aromatic nitrogens is 2. The maximum atomic E-state index is 12.1. The zero-order valence-electron chi connectivity index (χ0n) is 9.11. The van der Waals surface area contributed by atoms with Gasteiger partial charge in [-0.15, -0.1) is 0 Å². The van der Waals surface area contributed by atoms with Gasteiger partial charge in [0.25, 0.3) is 0 Å². The molecule has 1 aliphatic heterocycles. The van der Waals surface area contributed by atoms with Crippen LogP contribution < -0.4 is 4.90 Å². The average Bonchev–Trinajstić information content (AvgIpc) is 2.64. The third-order valence-corrected chi connectivity index (χ3v) is 3.26. The number of imide groups is 1. The number of nitrogens with zero attached hydrogens (tertiary/aromatic N) is 3. The van der Waals surface area contributed by atoms with E-state index in [9.17, 15) is 9.59 Å². The molecule has 0 saturated carbocycles. The van der Waals surface area contributed by atoms with Crippen LogP contribution in [0, 0.1) is 11.8 Å². The molecule has 2 amide bonds. The zero-order chi connectivity index (χ0) is 11.8. The highest BCUT2D eigenvalue weighted by Crippen LogP contribution is 2.36. The van der Waals surface area contributed by atoms with Gasteiger partial charge >= 0.3 is 0 Å². The lowest BCUT2D eigenvalue weighted by Gasteiger charge is -2.14. The lowest BCUT2D eigenvalue weighted by atomic mass is 9.85. The standard InChI is InChI=1S/C12H11N3O2/c16-10-8-4-1-2-5-9(8)11(17)15(10)12-13-6-3-7-14-12/h1-3,6-9H,4-5H2/t8-,9-/m0/s1. The molecule has 1 saturated heterocycles. The Morgan fingerprint density at radius 3 is 2.06 bits per heavy atom. The molecule has 0 unspecified atom stereocenters. The summed E-state index contributed by atoms with van der Waals surface area (Å²) in [6.45, 7) is 0. The molecule has 0 radical (unpaired) electrons. The van der Waals surface area contributed by atoms with Crippen LogP contribution in [0.4, 0.5) is 5.95 Å². The van der Waals surface area contributed by atoms with E-state index in [1.165, 1.54) is 12.4 Å². The molecule has 3 rings (SSSR count). The first-order chi connectivity index (χ1) is 8.29. The third-order valence-electron chi connectivity index (χ3n) is 3.26. The summed E-state index contributed by atoms with van der Waals surface area (Å²) >= 11 is 0. The quantitative estimate of drug-likeness (QED) is 0.531. The molecule has 17 heavy (non-hydrogen) atoms. The number of rotatable bonds is 1. The highest BCUT2D eigenvalue weighted by Gasteiger charge is 2.48. The van der Waals surface area contributed by atoms with Crippen LogP contribution in [0.2, 0.25) is 0 Å². The Kier molecular flexibility index (Phi) is 2.24. The highest BCUT2D eigenvalue weighted by molar-refractivity contribution is 6.21. The van der Waals surface area contributed by atoms with Gasteiger partial charge in [-0.1, -0.05) is 12.2 Å². The lowest BCUT2D eigenvalue weighted by molar-refractivity contribution is -0.122. The Balaban J connectivity index is 1.98. The maximum Gasteiger partial charge on any atom is 0.240 e. The summed E-state index contributed by atoms with van der Waals surface area (Å²) < 4.78 is 0. The Bertz CT molecular complexity index is 472. The second-order valence-corrected chi connectivity index (χ2v) is 4.22. The summed E-state index contributed by atoms with van der Waals surface area (Å²) in [5, 5.41) is 0. The number of hydrogen-bond donors (Lipinski definition) is 0. The average molecular weight is 229 g/mol. The van der Waals surface area contributed by atoms with Crippen molar-refractivity contribution in [3.63, 3.8) is 0 Å². The molecule has 1 aromatic heterocycles. The SMILES string of the molecule is O=C1[C@H]2CC=CC[C@@H]2C(=O)N1c1ncccn1. The number of carbonyl (C=O) groups is 2. The van der Waals surface area contributed by atoms with E-state index in [0.29, 0.717) is 12.8 Å². The molecule has 86 valence electrons. The van der Waals surface area contributed by atoms with Gasteiger partial charge in [0.2, 0.25) is 17.8 Å². The number of amides is 2. The molecule has 1 aromatic rings. The first kappa shape index (κ1) is 10.1. The van der Waals surface area contributed by atoms with Crippen LogP contribution in [-0.4, -0.2) is 21.8 Å². The van der Waals surface area contributed by atoms with E-state index >= 15 is 0 Å². The third kappa shape index (κ3) is 1.46. The molecule has 2 atom stereocenters. The Morgan fingerprint density at radius 2 is 1.53 bits per heavy atom. The summed E-state index contributed by atoms with van der Waals surface area (Å²) in [5.41, 5.74) is 0. The van der Waals surface area contributed by atoms with Crippen molar-refractivity contribution in [2.45, 2.75) is 12.8 Å². The normalized spacial score (nSPS) is 27.4. The second-order valence-electron chi connectivity index (χ2n) is 4.22. The minimum Gasteiger partial charge on any atom is -0.274 e. The van der Waals surface area contributed by atoms with E-state index in [0.717, 1.165) is 4.90 Å². The predicted molar refractivity (Wildman–Crippen MR) is 59.9 cm³/mol. The van der Waals surface area contributed by atoms with Crippen LogP contribution in [0.15, 0.2) is 30.6 Å². The zero-order valence-corrected chi connectivity index (χ0v) is 9.11. The molecular weight excluding hydrogens is 218 g/mol. The number of anilines is 1. The Labute approximate surface area is 98.2 Å². The molecule has 0 N–H and O–H groups in total. The van der Waals surface area contributed by atoms with Gasteiger partial charge in [0.1, 0.15) is 0 Å². The van der Waals surface area contributed by atoms with Crippen LogP contribution in [0.1, 0.15) is 12.8 Å². The number of fused-ring (bicyclic) bond motifs is 1. The van der Waals surface area contributed by atoms with Crippen molar-refractivity contribution >= 4 is 17.8 Å². The number of carbonyl (C=O) groups excluding carboxylic acids is 2. The number of allylic oxidation sites excluding steroid dienone is 2. The van der Waals surface area contributed by atoms with Crippen LogP contribution in [0.3, 0.4) is 0 Å². The summed E-state index contributed by atoms with van der Waals surface area (Å²) in [7, 11) is 0. The highest BCUT2D eigenvalue weighted by atomic mass is 16.2. The van der Waals surface area contributed by atoms with Gasteiger partial charge < -0.3 is 0 Å². The van der Waals surface area contributed by atoms with Gasteiger partial charge in [-0.3, -0.25) is 9.59 Å². The largest absolute Gasteiger partial charge is 0.274 e. The van der Waals surface area contributed by atoms with Crippen LogP contribution in [0.25, 0.3) is 0 Å². The van der Waals surface area contributed by atoms with Gasteiger partial charge in [-0.2, -0.15) is 0 Å². The minimum absolute atomic E-state index is 0.171. The summed E-state index contributed by atoms with van der Waals surface area (Å²) in [4.78, 5) is 33.4. The molecule has 5 nitrogen and oxygen atoms in total. The fourth-order valence-corrected chi connectivity index (χ4v) is 2.40. The molecule has 0 bridgehead atoms. The van der Waals surface area contributed by atoms with Crippen molar-refractivity contribution in [1.29, 1.82) is 0 Å². The van der Waals surface area contributed by atoms with Gasteiger partial charge in [-0.05, 0) is 18.9 Å². The van der Waals surface area contributed by atoms with Gasteiger partial charge in [0, 0.05) is 12.4 Å². The summed E-state index contributed by atoms with van der Waals surface area (Å²) in [6.07, 6.45) is 8.26. The topological polar surface area (TPSA) is 63.2 Å². The molecular formula is C12H11N3O2. The smallest absolute Gasteiger partial charge is 0.240 e. The fraction of sp³-hybridized carbons (Fsp3) is 0.333. The minimum atomic E-state index is -0.226. The van der Waals surface area contributed by atoms with E-state index < -0.39 is 0 Å². The fourth-order valence-electron chi connectivity index (χ4n) is 2.40. The Morgan fingerprint density at radius 1 is 1.00 bits per heavy atom. The van der Waals surface area contributed by atoms with E-state index in [2.05, 4.69) is 9.97 Å². The number of hydrogen-bond acceptors (Lipinski definition) is 4. The van der Waals surface area contributed by atoms with Crippen LogP contribution in [-0.2, 0) is 9.59 Å². The van der Waals surface area contributed by atoms with Crippen molar-refractivity contribution in [2.24, 2.45) is 11.8 Å². The van der Waals surface area contributed by atoms with Crippen LogP contribution >= 0.6 is 0 Å². The predicted octanol–water partition coefficient (Wildman–Crippen LogP) is 0.932. The molecule has 5 heteroatoms. The molecule has 0 aromatic carbocycles. The monoisotopic (exact) mass is 229 g/mol. The van der Waals surface area contributed by atoms with Crippen molar-refractivity contribution in [1.82, 2.24) is 9.97 Å². The van der Waals surface area contributed by atoms with Gasteiger partial charge in [0.15, 0.2) is 0 Å². The molecule has 2 aliphatic rings. The van der Waals surface area contributed by atoms with E-state index in [1.807, 2.05) is 12.2 Å². The summed E-state index contributed by atoms with van der Waals surface area (Å²) in [6, 6.07) is 1.66. The Hall–Kier alpha value is -2.04. The van der Waals surface area contributed by atoms with Crippen molar-refractivity contribution in [3.8, 4) is 0 Å². The van der Waals surface area contributed by atoms with Gasteiger partial charge in [-0.25, -0.2) is 14.9 Å². The lowest BCUT2D eigenvalue weighted by Crippen LogP contribution is -2.32.